The molecule has 1 heterocycles. The van der Waals surface area contributed by atoms with Gasteiger partial charge in [-0.05, 0) is 12.1 Å². The van der Waals surface area contributed by atoms with Crippen LogP contribution in [0.4, 0.5) is 5.69 Å². The third kappa shape index (κ3) is 3.58. The van der Waals surface area contributed by atoms with Gasteiger partial charge in [0.2, 0.25) is 0 Å². The summed E-state index contributed by atoms with van der Waals surface area (Å²) in [7, 11) is 1.28. The molecule has 7 nitrogen and oxygen atoms in total. The summed E-state index contributed by atoms with van der Waals surface area (Å²) in [5, 5.41) is 8.95. The molecule has 0 aliphatic rings. The number of anilines is 1. The molecule has 0 fully saturated rings. The number of benzene rings is 1. The molecule has 0 spiro atoms. The Bertz CT molecular complexity index is 595. The summed E-state index contributed by atoms with van der Waals surface area (Å²) < 4.78 is 9.70. The lowest BCUT2D eigenvalue weighted by atomic mass is 10.2. The van der Waals surface area contributed by atoms with Crippen molar-refractivity contribution in [3.63, 3.8) is 0 Å². The predicted octanol–water partition coefficient (Wildman–Crippen LogP) is 1.21. The van der Waals surface area contributed by atoms with E-state index in [0.29, 0.717) is 17.0 Å². The minimum atomic E-state index is -0.474. The van der Waals surface area contributed by atoms with Crippen molar-refractivity contribution in [1.29, 1.82) is 0 Å². The maximum absolute atomic E-state index is 11.8. The molecular formula is C13H13N3O4. The molecule has 20 heavy (non-hydrogen) atoms. The first kappa shape index (κ1) is 13.6. The van der Waals surface area contributed by atoms with E-state index < -0.39 is 5.97 Å². The van der Waals surface area contributed by atoms with Crippen molar-refractivity contribution in [2.45, 2.75) is 0 Å². The number of H-pyrrole nitrogens is 1. The van der Waals surface area contributed by atoms with E-state index in [0.717, 1.165) is 0 Å². The SMILES string of the molecule is COC(=O)COc1cccc(NC(=O)c2cn[nH]c2)c1. The summed E-state index contributed by atoms with van der Waals surface area (Å²) in [5.41, 5.74) is 0.976. The van der Waals surface area contributed by atoms with Gasteiger partial charge in [0.1, 0.15) is 5.75 Å². The number of nitrogens with one attached hydrogen (secondary N) is 2. The fourth-order valence-electron chi connectivity index (χ4n) is 1.44. The zero-order valence-electron chi connectivity index (χ0n) is 10.8. The molecule has 0 aliphatic carbocycles. The molecule has 1 aromatic heterocycles. The first-order valence-corrected chi connectivity index (χ1v) is 5.79. The maximum Gasteiger partial charge on any atom is 0.343 e. The number of hydrogen-bond acceptors (Lipinski definition) is 5. The van der Waals surface area contributed by atoms with Gasteiger partial charge < -0.3 is 14.8 Å². The fraction of sp³-hybridized carbons (Fsp3) is 0.154. The topological polar surface area (TPSA) is 93.3 Å². The van der Waals surface area contributed by atoms with E-state index in [1.807, 2.05) is 0 Å². The van der Waals surface area contributed by atoms with Gasteiger partial charge in [0.15, 0.2) is 6.61 Å². The van der Waals surface area contributed by atoms with Gasteiger partial charge in [0.05, 0.1) is 18.9 Å². The van der Waals surface area contributed by atoms with Gasteiger partial charge in [0.25, 0.3) is 5.91 Å². The molecule has 1 amide bonds. The Labute approximate surface area is 114 Å². The first-order chi connectivity index (χ1) is 9.69. The van der Waals surface area contributed by atoms with Crippen LogP contribution in [0.1, 0.15) is 10.4 Å². The Morgan fingerprint density at radius 3 is 2.95 bits per heavy atom. The number of aromatic nitrogens is 2. The molecule has 0 saturated heterocycles. The van der Waals surface area contributed by atoms with Gasteiger partial charge in [-0.25, -0.2) is 4.79 Å². The molecule has 0 saturated carbocycles. The average Bonchev–Trinajstić information content (AvgIpc) is 2.99. The average molecular weight is 275 g/mol. The van der Waals surface area contributed by atoms with Crippen molar-refractivity contribution in [2.24, 2.45) is 0 Å². The van der Waals surface area contributed by atoms with Gasteiger partial charge in [-0.3, -0.25) is 9.89 Å². The van der Waals surface area contributed by atoms with Crippen LogP contribution in [0, 0.1) is 0 Å². The van der Waals surface area contributed by atoms with Crippen LogP contribution in [0.25, 0.3) is 0 Å². The molecule has 7 heteroatoms. The predicted molar refractivity (Wildman–Crippen MR) is 70.5 cm³/mol. The molecule has 2 aromatic rings. The van der Waals surface area contributed by atoms with Crippen LogP contribution in [-0.2, 0) is 9.53 Å². The maximum atomic E-state index is 11.8. The monoisotopic (exact) mass is 275 g/mol. The second-order valence-corrected chi connectivity index (χ2v) is 3.83. The minimum absolute atomic E-state index is 0.185. The molecule has 1 aromatic carbocycles. The van der Waals surface area contributed by atoms with Gasteiger partial charge in [-0.15, -0.1) is 0 Å². The molecule has 2 rings (SSSR count). The number of aromatic amines is 1. The van der Waals surface area contributed by atoms with Crippen LogP contribution in [0.5, 0.6) is 5.75 Å². The number of methoxy groups -OCH3 is 1. The Morgan fingerprint density at radius 1 is 1.40 bits per heavy atom. The van der Waals surface area contributed by atoms with Crippen molar-refractivity contribution in [3.05, 3.63) is 42.2 Å². The van der Waals surface area contributed by atoms with E-state index in [-0.39, 0.29) is 12.5 Å². The Hall–Kier alpha value is -2.83. The second kappa shape index (κ2) is 6.37. The Kier molecular flexibility index (Phi) is 4.33. The fourth-order valence-corrected chi connectivity index (χ4v) is 1.44. The van der Waals surface area contributed by atoms with Gasteiger partial charge in [0, 0.05) is 18.0 Å². The van der Waals surface area contributed by atoms with Crippen LogP contribution in [0.3, 0.4) is 0 Å². The number of carbonyl (C=O) groups is 2. The van der Waals surface area contributed by atoms with Crippen LogP contribution in [-0.4, -0.2) is 35.8 Å². The van der Waals surface area contributed by atoms with Gasteiger partial charge in [-0.2, -0.15) is 5.10 Å². The summed E-state index contributed by atoms with van der Waals surface area (Å²) >= 11 is 0. The minimum Gasteiger partial charge on any atom is -0.482 e. The largest absolute Gasteiger partial charge is 0.482 e. The van der Waals surface area contributed by atoms with E-state index in [4.69, 9.17) is 4.74 Å². The standard InChI is InChI=1S/C13H13N3O4/c1-19-12(17)8-20-11-4-2-3-10(5-11)16-13(18)9-6-14-15-7-9/h2-7H,8H2,1H3,(H,14,15)(H,16,18). The van der Waals surface area contributed by atoms with E-state index in [1.165, 1.54) is 19.5 Å². The van der Waals surface area contributed by atoms with Gasteiger partial charge in [-0.1, -0.05) is 6.07 Å². The highest BCUT2D eigenvalue weighted by Gasteiger charge is 2.08. The van der Waals surface area contributed by atoms with Crippen LogP contribution in [0.2, 0.25) is 0 Å². The lowest BCUT2D eigenvalue weighted by Gasteiger charge is -2.07. The van der Waals surface area contributed by atoms with Crippen molar-refractivity contribution in [2.75, 3.05) is 19.0 Å². The van der Waals surface area contributed by atoms with Gasteiger partial charge >= 0.3 is 5.97 Å². The third-order valence-corrected chi connectivity index (χ3v) is 2.44. The first-order valence-electron chi connectivity index (χ1n) is 5.79. The summed E-state index contributed by atoms with van der Waals surface area (Å²) in [4.78, 5) is 22.8. The van der Waals surface area contributed by atoms with Crippen LogP contribution < -0.4 is 10.1 Å². The number of hydrogen-bond donors (Lipinski definition) is 2. The van der Waals surface area contributed by atoms with Crippen molar-refractivity contribution in [3.8, 4) is 5.75 Å². The van der Waals surface area contributed by atoms with Crippen LogP contribution in [0.15, 0.2) is 36.7 Å². The van der Waals surface area contributed by atoms with Crippen molar-refractivity contribution >= 4 is 17.6 Å². The number of amides is 1. The molecule has 0 aliphatic heterocycles. The smallest absolute Gasteiger partial charge is 0.343 e. The molecule has 0 unspecified atom stereocenters. The highest BCUT2D eigenvalue weighted by Crippen LogP contribution is 2.18. The van der Waals surface area contributed by atoms with E-state index in [2.05, 4.69) is 20.3 Å². The van der Waals surface area contributed by atoms with Crippen LogP contribution >= 0.6 is 0 Å². The lowest BCUT2D eigenvalue weighted by molar-refractivity contribution is -0.142. The second-order valence-electron chi connectivity index (χ2n) is 3.83. The third-order valence-electron chi connectivity index (χ3n) is 2.44. The van der Waals surface area contributed by atoms with E-state index in [1.54, 1.807) is 24.3 Å². The Balaban J connectivity index is 1.99. The number of rotatable bonds is 5. The van der Waals surface area contributed by atoms with E-state index in [9.17, 15) is 9.59 Å². The zero-order valence-corrected chi connectivity index (χ0v) is 10.8. The summed E-state index contributed by atoms with van der Waals surface area (Å²) in [6, 6.07) is 6.71. The normalized spacial score (nSPS) is 9.85. The Morgan fingerprint density at radius 2 is 2.25 bits per heavy atom. The summed E-state index contributed by atoms with van der Waals surface area (Å²) in [6.45, 7) is -0.185. The number of nitrogens with zero attached hydrogens (tertiary/aromatic N) is 1. The number of esters is 1. The highest BCUT2D eigenvalue weighted by molar-refractivity contribution is 6.03. The molecule has 0 radical (unpaired) electrons. The highest BCUT2D eigenvalue weighted by atomic mass is 16.6. The van der Waals surface area contributed by atoms with E-state index >= 15 is 0 Å². The quantitative estimate of drug-likeness (QED) is 0.800. The summed E-state index contributed by atoms with van der Waals surface area (Å²) in [5.74, 6) is -0.304. The number of carbonyl (C=O) groups excluding carboxylic acids is 2. The summed E-state index contributed by atoms with van der Waals surface area (Å²) in [6.07, 6.45) is 2.92. The van der Waals surface area contributed by atoms with Crippen molar-refractivity contribution < 1.29 is 19.1 Å². The zero-order chi connectivity index (χ0) is 14.4. The van der Waals surface area contributed by atoms with Crippen molar-refractivity contribution in [1.82, 2.24) is 10.2 Å². The lowest BCUT2D eigenvalue weighted by Crippen LogP contribution is -2.13. The molecule has 104 valence electrons. The molecule has 0 bridgehead atoms. The molecule has 0 atom stereocenters. The number of ether oxygens (including phenoxy) is 2. The molecular weight excluding hydrogens is 262 g/mol. The molecule has 2 N–H and O–H groups in total.